The zero-order valence-electron chi connectivity index (χ0n) is 15.7. The molecule has 2 saturated heterocycles. The van der Waals surface area contributed by atoms with Gasteiger partial charge in [-0.15, -0.1) is 0 Å². The molecule has 2 aliphatic heterocycles. The zero-order valence-corrected chi connectivity index (χ0v) is 15.7. The summed E-state index contributed by atoms with van der Waals surface area (Å²) in [6, 6.07) is 4.91. The molecule has 27 heavy (non-hydrogen) atoms. The molecular formula is C19H28N4O4. The van der Waals surface area contributed by atoms with Crippen LogP contribution < -0.4 is 21.3 Å². The van der Waals surface area contributed by atoms with Crippen molar-refractivity contribution in [2.24, 2.45) is 11.8 Å². The molecular weight excluding hydrogens is 348 g/mol. The van der Waals surface area contributed by atoms with Crippen LogP contribution in [0.2, 0.25) is 0 Å². The minimum absolute atomic E-state index is 0.257. The molecule has 1 aromatic carbocycles. The Morgan fingerprint density at radius 1 is 0.963 bits per heavy atom. The predicted octanol–water partition coefficient (Wildman–Crippen LogP) is 2.31. The summed E-state index contributed by atoms with van der Waals surface area (Å²) in [6.45, 7) is 6.01. The monoisotopic (exact) mass is 376 g/mol. The fourth-order valence-electron chi connectivity index (χ4n) is 3.14. The zero-order chi connectivity index (χ0) is 19.1. The third-order valence-corrected chi connectivity index (χ3v) is 4.89. The number of amides is 4. The molecule has 4 amide bonds. The molecule has 2 heterocycles. The van der Waals surface area contributed by atoms with Gasteiger partial charge in [0.25, 0.3) is 0 Å². The smallest absolute Gasteiger partial charge is 0.319 e. The van der Waals surface area contributed by atoms with Gasteiger partial charge in [0.2, 0.25) is 0 Å². The first kappa shape index (κ1) is 19.4. The number of nitrogens with one attached hydrogen (secondary N) is 4. The topological polar surface area (TPSA) is 101 Å². The highest BCUT2D eigenvalue weighted by Crippen LogP contribution is 2.20. The van der Waals surface area contributed by atoms with E-state index in [2.05, 4.69) is 21.3 Å². The quantitative estimate of drug-likeness (QED) is 0.612. The van der Waals surface area contributed by atoms with Gasteiger partial charge in [-0.05, 0) is 37.5 Å². The largest absolute Gasteiger partial charge is 0.381 e. The Morgan fingerprint density at radius 3 is 2.11 bits per heavy atom. The summed E-state index contributed by atoms with van der Waals surface area (Å²) >= 11 is 0. The predicted molar refractivity (Wildman–Crippen MR) is 103 cm³/mol. The number of hydrogen-bond donors (Lipinski definition) is 4. The molecule has 2 fully saturated rings. The third kappa shape index (κ3) is 6.11. The molecule has 148 valence electrons. The van der Waals surface area contributed by atoms with Crippen LogP contribution in [0, 0.1) is 18.8 Å². The first-order valence-electron chi connectivity index (χ1n) is 9.46. The van der Waals surface area contributed by atoms with Gasteiger partial charge in [-0.1, -0.05) is 6.07 Å². The fourth-order valence-corrected chi connectivity index (χ4v) is 3.14. The Hall–Kier alpha value is -2.32. The van der Waals surface area contributed by atoms with Crippen molar-refractivity contribution < 1.29 is 19.1 Å². The van der Waals surface area contributed by atoms with E-state index in [0.29, 0.717) is 49.5 Å². The van der Waals surface area contributed by atoms with Crippen molar-refractivity contribution in [3.63, 3.8) is 0 Å². The molecule has 0 unspecified atom stereocenters. The number of urea groups is 2. The van der Waals surface area contributed by atoms with E-state index in [1.54, 1.807) is 6.07 Å². The molecule has 8 nitrogen and oxygen atoms in total. The molecule has 0 saturated carbocycles. The number of rotatable bonds is 6. The molecule has 0 spiro atoms. The lowest BCUT2D eigenvalue weighted by Gasteiger charge is -2.14. The minimum atomic E-state index is -0.262. The molecule has 0 bridgehead atoms. The van der Waals surface area contributed by atoms with Crippen molar-refractivity contribution in [3.8, 4) is 0 Å². The summed E-state index contributed by atoms with van der Waals surface area (Å²) in [5.74, 6) is 0.749. The van der Waals surface area contributed by atoms with E-state index in [1.165, 1.54) is 0 Å². The Bertz CT molecular complexity index is 655. The maximum atomic E-state index is 12.1. The number of anilines is 2. The standard InChI is InChI=1S/C19H28N4O4/c1-13-2-3-16(22-18(24)20-9-14-4-6-26-11-14)8-17(13)23-19(25)21-10-15-5-7-27-12-15/h2-3,8,14-15H,4-7,9-12H2,1H3,(H2,20,22,24)(H2,21,23,25)/t14-,15+/m1/s1. The SMILES string of the molecule is Cc1ccc(NC(=O)NC[C@H]2CCOC2)cc1NC(=O)NC[C@@H]1CCOC1. The van der Waals surface area contributed by atoms with Crippen LogP contribution in [0.4, 0.5) is 21.0 Å². The van der Waals surface area contributed by atoms with Crippen LogP contribution in [0.1, 0.15) is 18.4 Å². The molecule has 0 aromatic heterocycles. The maximum Gasteiger partial charge on any atom is 0.319 e. The summed E-state index contributed by atoms with van der Waals surface area (Å²) in [7, 11) is 0. The van der Waals surface area contributed by atoms with Crippen LogP contribution in [0.5, 0.6) is 0 Å². The Morgan fingerprint density at radius 2 is 1.56 bits per heavy atom. The van der Waals surface area contributed by atoms with Gasteiger partial charge in [0.05, 0.1) is 13.2 Å². The first-order chi connectivity index (χ1) is 13.1. The molecule has 4 N–H and O–H groups in total. The molecule has 8 heteroatoms. The maximum absolute atomic E-state index is 12.1. The summed E-state index contributed by atoms with van der Waals surface area (Å²) < 4.78 is 10.6. The van der Waals surface area contributed by atoms with E-state index in [1.807, 2.05) is 19.1 Å². The highest BCUT2D eigenvalue weighted by atomic mass is 16.5. The van der Waals surface area contributed by atoms with Crippen molar-refractivity contribution in [1.29, 1.82) is 0 Å². The van der Waals surface area contributed by atoms with Crippen LogP contribution in [0.3, 0.4) is 0 Å². The van der Waals surface area contributed by atoms with Crippen molar-refractivity contribution in [2.75, 3.05) is 50.2 Å². The molecule has 2 aliphatic rings. The van der Waals surface area contributed by atoms with E-state index >= 15 is 0 Å². The van der Waals surface area contributed by atoms with Gasteiger partial charge in [0.1, 0.15) is 0 Å². The number of hydrogen-bond acceptors (Lipinski definition) is 4. The van der Waals surface area contributed by atoms with Gasteiger partial charge in [0, 0.05) is 49.5 Å². The van der Waals surface area contributed by atoms with E-state index in [0.717, 1.165) is 31.6 Å². The van der Waals surface area contributed by atoms with Crippen LogP contribution >= 0.6 is 0 Å². The first-order valence-corrected chi connectivity index (χ1v) is 9.46. The van der Waals surface area contributed by atoms with Gasteiger partial charge < -0.3 is 30.7 Å². The average molecular weight is 376 g/mol. The van der Waals surface area contributed by atoms with Crippen molar-refractivity contribution in [3.05, 3.63) is 23.8 Å². The summed E-state index contributed by atoms with van der Waals surface area (Å²) in [5, 5.41) is 11.4. The van der Waals surface area contributed by atoms with Gasteiger partial charge in [-0.25, -0.2) is 9.59 Å². The molecule has 2 atom stereocenters. The van der Waals surface area contributed by atoms with Gasteiger partial charge in [0.15, 0.2) is 0 Å². The third-order valence-electron chi connectivity index (χ3n) is 4.89. The van der Waals surface area contributed by atoms with Crippen molar-refractivity contribution >= 4 is 23.4 Å². The Kier molecular flexibility index (Phi) is 6.89. The second-order valence-electron chi connectivity index (χ2n) is 7.16. The van der Waals surface area contributed by atoms with Gasteiger partial charge in [-0.2, -0.15) is 0 Å². The van der Waals surface area contributed by atoms with Crippen LogP contribution in [0.15, 0.2) is 18.2 Å². The number of carbonyl (C=O) groups is 2. The minimum Gasteiger partial charge on any atom is -0.381 e. The summed E-state index contributed by atoms with van der Waals surface area (Å²) in [6.07, 6.45) is 1.95. The lowest BCUT2D eigenvalue weighted by atomic mass is 10.1. The van der Waals surface area contributed by atoms with E-state index in [-0.39, 0.29) is 12.1 Å². The van der Waals surface area contributed by atoms with E-state index in [9.17, 15) is 9.59 Å². The Labute approximate surface area is 159 Å². The number of ether oxygens (including phenoxy) is 2. The number of carbonyl (C=O) groups excluding carboxylic acids is 2. The summed E-state index contributed by atoms with van der Waals surface area (Å²) in [5.41, 5.74) is 2.21. The lowest BCUT2D eigenvalue weighted by Crippen LogP contribution is -2.34. The molecule has 1 aromatic rings. The molecule has 0 radical (unpaired) electrons. The van der Waals surface area contributed by atoms with Gasteiger partial charge >= 0.3 is 12.1 Å². The summed E-state index contributed by atoms with van der Waals surface area (Å²) in [4.78, 5) is 24.2. The molecule has 0 aliphatic carbocycles. The number of aryl methyl sites for hydroxylation is 1. The van der Waals surface area contributed by atoms with Crippen molar-refractivity contribution in [2.45, 2.75) is 19.8 Å². The Balaban J connectivity index is 1.47. The average Bonchev–Trinajstić information content (AvgIpc) is 3.35. The van der Waals surface area contributed by atoms with Crippen LogP contribution in [0.25, 0.3) is 0 Å². The van der Waals surface area contributed by atoms with E-state index in [4.69, 9.17) is 9.47 Å². The van der Waals surface area contributed by atoms with Crippen LogP contribution in [-0.2, 0) is 9.47 Å². The number of benzene rings is 1. The highest BCUT2D eigenvalue weighted by Gasteiger charge is 2.17. The second kappa shape index (κ2) is 9.57. The lowest BCUT2D eigenvalue weighted by molar-refractivity contribution is 0.185. The fraction of sp³-hybridized carbons (Fsp3) is 0.579. The van der Waals surface area contributed by atoms with Crippen LogP contribution in [-0.4, -0.2) is 51.6 Å². The normalized spacial score (nSPS) is 21.7. The van der Waals surface area contributed by atoms with E-state index < -0.39 is 0 Å². The highest BCUT2D eigenvalue weighted by molar-refractivity contribution is 5.93. The van der Waals surface area contributed by atoms with Crippen molar-refractivity contribution in [1.82, 2.24) is 10.6 Å². The molecule has 3 rings (SSSR count). The van der Waals surface area contributed by atoms with Gasteiger partial charge in [-0.3, -0.25) is 0 Å². The second-order valence-corrected chi connectivity index (χ2v) is 7.16.